The molecule has 1 aliphatic rings. The van der Waals surface area contributed by atoms with E-state index in [0.717, 1.165) is 11.3 Å². The van der Waals surface area contributed by atoms with Crippen molar-refractivity contribution in [1.29, 1.82) is 0 Å². The molecule has 2 aromatic carbocycles. The largest absolute Gasteiger partial charge is 0.508 e. The molecule has 3 N–H and O–H groups in total. The third-order valence-corrected chi connectivity index (χ3v) is 9.00. The van der Waals surface area contributed by atoms with Gasteiger partial charge in [0.1, 0.15) is 16.4 Å². The number of sulfonamides is 1. The van der Waals surface area contributed by atoms with Crippen molar-refractivity contribution in [2.24, 2.45) is 5.92 Å². The number of carbonyl (C=O) groups is 1. The molecule has 0 radical (unpaired) electrons. The molecule has 1 aromatic heterocycles. The van der Waals surface area contributed by atoms with Gasteiger partial charge in [-0.3, -0.25) is 9.52 Å². The van der Waals surface area contributed by atoms with E-state index in [1.54, 1.807) is 31.2 Å². The van der Waals surface area contributed by atoms with Crippen molar-refractivity contribution in [2.45, 2.75) is 57.3 Å². The lowest BCUT2D eigenvalue weighted by atomic mass is 10.0. The Labute approximate surface area is 215 Å². The van der Waals surface area contributed by atoms with Crippen molar-refractivity contribution in [3.63, 3.8) is 0 Å². The number of phenols is 1. The maximum absolute atomic E-state index is 13.2. The molecule has 1 aliphatic carbocycles. The van der Waals surface area contributed by atoms with Crippen LogP contribution >= 0.6 is 11.3 Å². The predicted molar refractivity (Wildman–Crippen MR) is 142 cm³/mol. The van der Waals surface area contributed by atoms with Crippen molar-refractivity contribution >= 4 is 38.1 Å². The van der Waals surface area contributed by atoms with Crippen LogP contribution in [0.1, 0.15) is 49.8 Å². The van der Waals surface area contributed by atoms with E-state index in [0.29, 0.717) is 34.3 Å². The fourth-order valence-corrected chi connectivity index (χ4v) is 6.67. The molecule has 0 saturated heterocycles. The second-order valence-electron chi connectivity index (χ2n) is 9.14. The van der Waals surface area contributed by atoms with Gasteiger partial charge in [-0.2, -0.15) is 0 Å². The Bertz CT molecular complexity index is 1360. The smallest absolute Gasteiger partial charge is 0.265 e. The topological polar surface area (TPSA) is 118 Å². The summed E-state index contributed by atoms with van der Waals surface area (Å²) >= 11 is 1.31. The number of rotatable bonds is 9. The third kappa shape index (κ3) is 5.99. The van der Waals surface area contributed by atoms with Gasteiger partial charge in [-0.25, -0.2) is 13.4 Å². The number of aromatic hydroxyl groups is 1. The number of aryl methyl sites for hydroxylation is 2. The number of benzene rings is 2. The van der Waals surface area contributed by atoms with Crippen molar-refractivity contribution in [2.75, 3.05) is 17.1 Å². The lowest BCUT2D eigenvalue weighted by Crippen LogP contribution is -2.14. The van der Waals surface area contributed by atoms with Crippen LogP contribution in [-0.4, -0.2) is 31.5 Å². The first-order chi connectivity index (χ1) is 17.2. The van der Waals surface area contributed by atoms with Gasteiger partial charge in [0.05, 0.1) is 23.4 Å². The second kappa shape index (κ2) is 10.9. The molecule has 0 aliphatic heterocycles. The third-order valence-electron chi connectivity index (χ3n) is 6.47. The fraction of sp³-hybridized carbons (Fsp3) is 0.385. The molecule has 1 saturated carbocycles. The Balaban J connectivity index is 1.55. The molecule has 36 heavy (non-hydrogen) atoms. The van der Waals surface area contributed by atoms with Crippen LogP contribution in [0.5, 0.6) is 11.5 Å². The zero-order valence-corrected chi connectivity index (χ0v) is 22.3. The van der Waals surface area contributed by atoms with Gasteiger partial charge in [-0.15, -0.1) is 0 Å². The first kappa shape index (κ1) is 26.0. The molecule has 1 fully saturated rings. The van der Waals surface area contributed by atoms with E-state index in [1.165, 1.54) is 56.3 Å². The molecule has 0 spiro atoms. The Kier molecular flexibility index (Phi) is 7.85. The summed E-state index contributed by atoms with van der Waals surface area (Å²) in [6, 6.07) is 9.46. The summed E-state index contributed by atoms with van der Waals surface area (Å²) in [5.74, 6) is 0.770. The molecule has 3 aromatic rings. The minimum atomic E-state index is -4.03. The summed E-state index contributed by atoms with van der Waals surface area (Å²) < 4.78 is 34.3. The van der Waals surface area contributed by atoms with Gasteiger partial charge in [-0.05, 0) is 61.6 Å². The van der Waals surface area contributed by atoms with Crippen LogP contribution in [0.15, 0.2) is 41.3 Å². The maximum Gasteiger partial charge on any atom is 0.265 e. The highest BCUT2D eigenvalue weighted by molar-refractivity contribution is 7.92. The molecular formula is C26H31N3O5S2. The number of aromatic nitrogens is 1. The standard InChI is InChI=1S/C26H31N3O5S2/c1-16-8-11-20(15-21(16)30)29-36(32,33)23-14-19(10-12-22(23)34-3)25-17(2)27-26(35-25)28-24(31)13-9-18-6-4-5-7-18/h8,10-12,14-15,18,29-30H,4-7,9,13H2,1-3H3,(H,27,28,31). The Morgan fingerprint density at radius 3 is 2.61 bits per heavy atom. The van der Waals surface area contributed by atoms with Gasteiger partial charge in [-0.1, -0.05) is 43.1 Å². The summed E-state index contributed by atoms with van der Waals surface area (Å²) in [6.07, 6.45) is 6.29. The summed E-state index contributed by atoms with van der Waals surface area (Å²) in [6.45, 7) is 3.55. The second-order valence-corrected chi connectivity index (χ2v) is 11.8. The highest BCUT2D eigenvalue weighted by atomic mass is 32.2. The minimum absolute atomic E-state index is 0.00554. The van der Waals surface area contributed by atoms with Crippen LogP contribution in [0.2, 0.25) is 0 Å². The van der Waals surface area contributed by atoms with Crippen LogP contribution in [0, 0.1) is 19.8 Å². The molecule has 10 heteroatoms. The van der Waals surface area contributed by atoms with E-state index in [-0.39, 0.29) is 28.0 Å². The first-order valence-corrected chi connectivity index (χ1v) is 14.2. The van der Waals surface area contributed by atoms with E-state index in [9.17, 15) is 18.3 Å². The van der Waals surface area contributed by atoms with Gasteiger partial charge in [0, 0.05) is 12.5 Å². The molecule has 8 nitrogen and oxygen atoms in total. The number of methoxy groups -OCH3 is 1. The summed E-state index contributed by atoms with van der Waals surface area (Å²) in [4.78, 5) is 17.7. The molecule has 0 unspecified atom stereocenters. The van der Waals surface area contributed by atoms with Gasteiger partial charge >= 0.3 is 0 Å². The van der Waals surface area contributed by atoms with Gasteiger partial charge in [0.25, 0.3) is 10.0 Å². The molecule has 4 rings (SSSR count). The normalized spacial score (nSPS) is 14.1. The van der Waals surface area contributed by atoms with Crippen molar-refractivity contribution in [3.05, 3.63) is 47.7 Å². The van der Waals surface area contributed by atoms with Crippen LogP contribution in [0.25, 0.3) is 10.4 Å². The lowest BCUT2D eigenvalue weighted by Gasteiger charge is -2.13. The van der Waals surface area contributed by atoms with E-state index in [1.807, 2.05) is 6.92 Å². The van der Waals surface area contributed by atoms with Gasteiger partial charge < -0.3 is 15.2 Å². The van der Waals surface area contributed by atoms with Gasteiger partial charge in [0.15, 0.2) is 5.13 Å². The van der Waals surface area contributed by atoms with E-state index >= 15 is 0 Å². The molecule has 1 heterocycles. The summed E-state index contributed by atoms with van der Waals surface area (Å²) in [7, 11) is -2.62. The van der Waals surface area contributed by atoms with Crippen LogP contribution < -0.4 is 14.8 Å². The van der Waals surface area contributed by atoms with Crippen LogP contribution in [0.4, 0.5) is 10.8 Å². The maximum atomic E-state index is 13.2. The first-order valence-electron chi connectivity index (χ1n) is 11.9. The number of phenolic OH excluding ortho intramolecular Hbond substituents is 1. The van der Waals surface area contributed by atoms with Gasteiger partial charge in [0.2, 0.25) is 5.91 Å². The number of amides is 1. The van der Waals surface area contributed by atoms with Crippen LogP contribution in [0.3, 0.4) is 0 Å². The molecule has 1 amide bonds. The highest BCUT2D eigenvalue weighted by Crippen LogP contribution is 2.37. The number of carbonyl (C=O) groups excluding carboxylic acids is 1. The summed E-state index contributed by atoms with van der Waals surface area (Å²) in [5, 5.41) is 13.3. The van der Waals surface area contributed by atoms with Crippen molar-refractivity contribution < 1.29 is 23.1 Å². The number of ether oxygens (including phenoxy) is 1. The van der Waals surface area contributed by atoms with E-state index < -0.39 is 10.0 Å². The Hall–Kier alpha value is -3.11. The summed E-state index contributed by atoms with van der Waals surface area (Å²) in [5.41, 5.74) is 2.21. The lowest BCUT2D eigenvalue weighted by molar-refractivity contribution is -0.116. The van der Waals surface area contributed by atoms with E-state index in [2.05, 4.69) is 15.0 Å². The number of thiazole rings is 1. The zero-order valence-electron chi connectivity index (χ0n) is 20.6. The molecule has 0 atom stereocenters. The SMILES string of the molecule is COc1ccc(-c2sc(NC(=O)CCC3CCCC3)nc2C)cc1S(=O)(=O)Nc1ccc(C)c(O)c1. The van der Waals surface area contributed by atoms with E-state index in [4.69, 9.17) is 4.74 Å². The van der Waals surface area contributed by atoms with Crippen molar-refractivity contribution in [3.8, 4) is 21.9 Å². The minimum Gasteiger partial charge on any atom is -0.508 e. The molecule has 192 valence electrons. The molecule has 0 bridgehead atoms. The van der Waals surface area contributed by atoms with Crippen molar-refractivity contribution in [1.82, 2.24) is 4.98 Å². The Morgan fingerprint density at radius 1 is 1.17 bits per heavy atom. The Morgan fingerprint density at radius 2 is 1.92 bits per heavy atom. The average Bonchev–Trinajstić information content (AvgIpc) is 3.49. The quantitative estimate of drug-likeness (QED) is 0.320. The fourth-order valence-electron chi connectivity index (χ4n) is 4.44. The zero-order chi connectivity index (χ0) is 25.9. The number of nitrogens with zero attached hydrogens (tertiary/aromatic N) is 1. The number of hydrogen-bond donors (Lipinski definition) is 3. The average molecular weight is 530 g/mol. The number of hydrogen-bond acceptors (Lipinski definition) is 7. The predicted octanol–water partition coefficient (Wildman–Crippen LogP) is 5.85. The monoisotopic (exact) mass is 529 g/mol. The highest BCUT2D eigenvalue weighted by Gasteiger charge is 2.23. The number of anilines is 2. The molecular weight excluding hydrogens is 498 g/mol. The number of nitrogens with one attached hydrogen (secondary N) is 2. The van der Waals surface area contributed by atoms with Crippen LogP contribution in [-0.2, 0) is 14.8 Å².